The number of nitrogens with one attached hydrogen (secondary N) is 1. The summed E-state index contributed by atoms with van der Waals surface area (Å²) in [4.78, 5) is 11.9. The summed E-state index contributed by atoms with van der Waals surface area (Å²) in [5.41, 5.74) is 2.39. The fourth-order valence-corrected chi connectivity index (χ4v) is 2.24. The van der Waals surface area contributed by atoms with E-state index in [0.717, 1.165) is 18.4 Å². The number of methoxy groups -OCH3 is 1. The highest BCUT2D eigenvalue weighted by atomic mass is 16.5. The van der Waals surface area contributed by atoms with Crippen molar-refractivity contribution in [2.75, 3.05) is 7.11 Å². The maximum absolute atomic E-state index is 11.9. The van der Waals surface area contributed by atoms with E-state index in [1.54, 1.807) is 0 Å². The minimum absolute atomic E-state index is 0.207. The van der Waals surface area contributed by atoms with Gasteiger partial charge in [-0.2, -0.15) is 0 Å². The molecule has 0 bridgehead atoms. The van der Waals surface area contributed by atoms with Gasteiger partial charge in [0.2, 0.25) is 0 Å². The van der Waals surface area contributed by atoms with Crippen LogP contribution in [0, 0.1) is 0 Å². The number of benzene rings is 2. The molecule has 110 valence electrons. The van der Waals surface area contributed by atoms with Crippen molar-refractivity contribution in [3.8, 4) is 0 Å². The van der Waals surface area contributed by atoms with Gasteiger partial charge in [-0.05, 0) is 24.0 Å². The lowest BCUT2D eigenvalue weighted by Gasteiger charge is -2.16. The molecule has 0 aliphatic carbocycles. The molecule has 3 nitrogen and oxygen atoms in total. The third kappa shape index (κ3) is 5.04. The van der Waals surface area contributed by atoms with Gasteiger partial charge >= 0.3 is 5.97 Å². The summed E-state index contributed by atoms with van der Waals surface area (Å²) in [6, 6.07) is 19.9. The standard InChI is InChI=1S/C18H21NO2/c1-21-18(20)17(13-12-15-8-4-2-5-9-15)19-14-16-10-6-3-7-11-16/h2-11,17,19H,12-14H2,1H3/t17-/m1/s1. The van der Waals surface area contributed by atoms with Gasteiger partial charge in [0.25, 0.3) is 0 Å². The van der Waals surface area contributed by atoms with E-state index in [-0.39, 0.29) is 12.0 Å². The van der Waals surface area contributed by atoms with E-state index < -0.39 is 0 Å². The van der Waals surface area contributed by atoms with Gasteiger partial charge in [0.05, 0.1) is 7.11 Å². The van der Waals surface area contributed by atoms with Crippen LogP contribution in [-0.4, -0.2) is 19.1 Å². The van der Waals surface area contributed by atoms with Gasteiger partial charge in [0.15, 0.2) is 0 Å². The topological polar surface area (TPSA) is 38.3 Å². The number of hydrogen-bond acceptors (Lipinski definition) is 3. The summed E-state index contributed by atoms with van der Waals surface area (Å²) in [6.07, 6.45) is 1.58. The van der Waals surface area contributed by atoms with Gasteiger partial charge in [-0.1, -0.05) is 60.7 Å². The monoisotopic (exact) mass is 283 g/mol. The molecule has 0 amide bonds. The number of carbonyl (C=O) groups is 1. The molecule has 0 radical (unpaired) electrons. The van der Waals surface area contributed by atoms with Crippen LogP contribution in [0.25, 0.3) is 0 Å². The maximum atomic E-state index is 11.9. The Labute approximate surface area is 126 Å². The van der Waals surface area contributed by atoms with Gasteiger partial charge in [-0.3, -0.25) is 4.79 Å². The molecule has 0 aliphatic rings. The molecule has 1 N–H and O–H groups in total. The molecule has 3 heteroatoms. The fraction of sp³-hybridized carbons (Fsp3) is 0.278. The summed E-state index contributed by atoms with van der Waals surface area (Å²) in [5, 5.41) is 3.28. The van der Waals surface area contributed by atoms with Crippen molar-refractivity contribution in [3.05, 3.63) is 71.8 Å². The summed E-state index contributed by atoms with van der Waals surface area (Å²) in [5.74, 6) is -0.207. The highest BCUT2D eigenvalue weighted by molar-refractivity contribution is 5.75. The van der Waals surface area contributed by atoms with Gasteiger partial charge in [-0.25, -0.2) is 0 Å². The Kier molecular flexibility index (Phi) is 5.98. The zero-order chi connectivity index (χ0) is 14.9. The Bertz CT molecular complexity index is 496. The first kappa shape index (κ1) is 15.3. The molecule has 0 heterocycles. The van der Waals surface area contributed by atoms with Crippen molar-refractivity contribution in [2.24, 2.45) is 0 Å². The number of esters is 1. The average Bonchev–Trinajstić information content (AvgIpc) is 2.56. The Morgan fingerprint density at radius 2 is 1.57 bits per heavy atom. The molecule has 0 saturated carbocycles. The third-order valence-corrected chi connectivity index (χ3v) is 3.45. The molecule has 2 aromatic carbocycles. The van der Waals surface area contributed by atoms with Gasteiger partial charge in [0, 0.05) is 6.54 Å². The molecule has 1 atom stereocenters. The van der Waals surface area contributed by atoms with Crippen molar-refractivity contribution in [3.63, 3.8) is 0 Å². The van der Waals surface area contributed by atoms with Crippen LogP contribution in [0.15, 0.2) is 60.7 Å². The SMILES string of the molecule is COC(=O)[C@@H](CCc1ccccc1)NCc1ccccc1. The molecule has 0 fully saturated rings. The van der Waals surface area contributed by atoms with Crippen LogP contribution < -0.4 is 5.32 Å². The zero-order valence-corrected chi connectivity index (χ0v) is 12.3. The van der Waals surface area contributed by atoms with E-state index in [9.17, 15) is 4.79 Å². The smallest absolute Gasteiger partial charge is 0.322 e. The molecule has 21 heavy (non-hydrogen) atoms. The average molecular weight is 283 g/mol. The van der Waals surface area contributed by atoms with E-state index in [0.29, 0.717) is 6.54 Å². The second-order valence-corrected chi connectivity index (χ2v) is 4.97. The van der Waals surface area contributed by atoms with E-state index in [2.05, 4.69) is 17.4 Å². The summed E-state index contributed by atoms with van der Waals surface area (Å²) in [6.45, 7) is 0.662. The first-order valence-corrected chi connectivity index (χ1v) is 7.18. The van der Waals surface area contributed by atoms with Crippen LogP contribution in [0.2, 0.25) is 0 Å². The lowest BCUT2D eigenvalue weighted by molar-refractivity contribution is -0.143. The van der Waals surface area contributed by atoms with Crippen molar-refractivity contribution in [1.29, 1.82) is 0 Å². The Morgan fingerprint density at radius 1 is 1.00 bits per heavy atom. The van der Waals surface area contributed by atoms with Crippen LogP contribution in [0.4, 0.5) is 0 Å². The normalized spacial score (nSPS) is 11.9. The summed E-state index contributed by atoms with van der Waals surface area (Å²) in [7, 11) is 1.43. The van der Waals surface area contributed by atoms with Crippen LogP contribution in [0.3, 0.4) is 0 Å². The fourth-order valence-electron chi connectivity index (χ4n) is 2.24. The minimum Gasteiger partial charge on any atom is -0.468 e. The van der Waals surface area contributed by atoms with Crippen LogP contribution in [0.5, 0.6) is 0 Å². The highest BCUT2D eigenvalue weighted by Gasteiger charge is 2.18. The first-order chi connectivity index (χ1) is 10.3. The molecular weight excluding hydrogens is 262 g/mol. The van der Waals surface area contributed by atoms with E-state index in [4.69, 9.17) is 4.74 Å². The maximum Gasteiger partial charge on any atom is 0.322 e. The number of hydrogen-bond donors (Lipinski definition) is 1. The van der Waals surface area contributed by atoms with Gasteiger partial charge < -0.3 is 10.1 Å². The van der Waals surface area contributed by atoms with Crippen LogP contribution >= 0.6 is 0 Å². The molecule has 0 spiro atoms. The van der Waals surface area contributed by atoms with E-state index >= 15 is 0 Å². The largest absolute Gasteiger partial charge is 0.468 e. The Morgan fingerprint density at radius 3 is 2.14 bits per heavy atom. The molecule has 0 aromatic heterocycles. The third-order valence-electron chi connectivity index (χ3n) is 3.45. The highest BCUT2D eigenvalue weighted by Crippen LogP contribution is 2.07. The molecule has 2 aromatic rings. The van der Waals surface area contributed by atoms with Crippen molar-refractivity contribution >= 4 is 5.97 Å². The summed E-state index contributed by atoms with van der Waals surface area (Å²) < 4.78 is 4.89. The second kappa shape index (κ2) is 8.22. The predicted molar refractivity (Wildman–Crippen MR) is 83.8 cm³/mol. The number of aryl methyl sites for hydroxylation is 1. The van der Waals surface area contributed by atoms with Gasteiger partial charge in [-0.15, -0.1) is 0 Å². The molecule has 0 unspecified atom stereocenters. The van der Waals surface area contributed by atoms with E-state index in [1.165, 1.54) is 12.7 Å². The van der Waals surface area contributed by atoms with Crippen LogP contribution in [0.1, 0.15) is 17.5 Å². The quantitative estimate of drug-likeness (QED) is 0.794. The van der Waals surface area contributed by atoms with E-state index in [1.807, 2.05) is 48.5 Å². The predicted octanol–water partition coefficient (Wildman–Crippen LogP) is 2.95. The molecular formula is C18H21NO2. The number of rotatable bonds is 7. The molecule has 0 saturated heterocycles. The van der Waals surface area contributed by atoms with Crippen molar-refractivity contribution in [1.82, 2.24) is 5.32 Å². The molecule has 0 aliphatic heterocycles. The van der Waals surface area contributed by atoms with Crippen molar-refractivity contribution < 1.29 is 9.53 Å². The lowest BCUT2D eigenvalue weighted by atomic mass is 10.0. The lowest BCUT2D eigenvalue weighted by Crippen LogP contribution is -2.37. The molecule has 2 rings (SSSR count). The van der Waals surface area contributed by atoms with Gasteiger partial charge in [0.1, 0.15) is 6.04 Å². The second-order valence-electron chi connectivity index (χ2n) is 4.97. The van der Waals surface area contributed by atoms with Crippen LogP contribution in [-0.2, 0) is 22.5 Å². The zero-order valence-electron chi connectivity index (χ0n) is 12.3. The Balaban J connectivity index is 1.90. The minimum atomic E-state index is -0.282. The van der Waals surface area contributed by atoms with Crippen molar-refractivity contribution in [2.45, 2.75) is 25.4 Å². The first-order valence-electron chi connectivity index (χ1n) is 7.18. The Hall–Kier alpha value is -2.13. The number of ether oxygens (including phenoxy) is 1. The number of carbonyl (C=O) groups excluding carboxylic acids is 1. The summed E-state index contributed by atoms with van der Waals surface area (Å²) >= 11 is 0.